The van der Waals surface area contributed by atoms with E-state index in [1.165, 1.54) is 11.0 Å². The smallest absolute Gasteiger partial charge is 0.295 e. The molecule has 0 radical (unpaired) electrons. The van der Waals surface area contributed by atoms with Gasteiger partial charge in [0.25, 0.3) is 5.95 Å². The summed E-state index contributed by atoms with van der Waals surface area (Å²) in [5.41, 5.74) is 1.69. The van der Waals surface area contributed by atoms with E-state index >= 15 is 0 Å². The fourth-order valence-corrected chi connectivity index (χ4v) is 2.33. The quantitative estimate of drug-likeness (QED) is 0.523. The van der Waals surface area contributed by atoms with Crippen molar-refractivity contribution in [3.63, 3.8) is 0 Å². The van der Waals surface area contributed by atoms with Crippen LogP contribution in [0.25, 0.3) is 0 Å². The summed E-state index contributed by atoms with van der Waals surface area (Å²) in [5.74, 6) is 0.180. The van der Waals surface area contributed by atoms with Crippen LogP contribution < -0.4 is 15.3 Å². The third-order valence-electron chi connectivity index (χ3n) is 3.64. The van der Waals surface area contributed by atoms with Gasteiger partial charge in [0.1, 0.15) is 18.7 Å². The molecular formula is C18H19N5O4. The normalized spacial score (nSPS) is 10.4. The molecular weight excluding hydrogens is 350 g/mol. The van der Waals surface area contributed by atoms with E-state index in [-0.39, 0.29) is 30.0 Å². The van der Waals surface area contributed by atoms with E-state index in [0.717, 1.165) is 5.56 Å². The minimum Gasteiger partial charge on any atom is -0.489 e. The Labute approximate surface area is 155 Å². The molecule has 0 aliphatic carbocycles. The SMILES string of the molecule is O=C(CCn1cnc(N(O)O)n1)Nc1cccc(OCc2ccccc2)c1. The van der Waals surface area contributed by atoms with Crippen molar-refractivity contribution in [1.82, 2.24) is 14.8 Å². The Balaban J connectivity index is 1.50. The molecule has 1 amide bonds. The van der Waals surface area contributed by atoms with Crippen molar-refractivity contribution in [1.29, 1.82) is 0 Å². The topological polar surface area (TPSA) is 113 Å². The van der Waals surface area contributed by atoms with Crippen LogP contribution in [-0.2, 0) is 17.9 Å². The number of aryl methyl sites for hydroxylation is 1. The molecule has 1 aromatic heterocycles. The summed E-state index contributed by atoms with van der Waals surface area (Å²) in [6.07, 6.45) is 1.45. The Bertz CT molecular complexity index is 882. The molecule has 3 N–H and O–H groups in total. The van der Waals surface area contributed by atoms with Crippen LogP contribution in [0.5, 0.6) is 5.75 Å². The van der Waals surface area contributed by atoms with Crippen LogP contribution in [0.3, 0.4) is 0 Å². The molecule has 0 aliphatic heterocycles. The Kier molecular flexibility index (Phi) is 5.98. The number of anilines is 2. The molecule has 9 heteroatoms. The van der Waals surface area contributed by atoms with E-state index in [0.29, 0.717) is 18.0 Å². The van der Waals surface area contributed by atoms with Crippen LogP contribution in [0.2, 0.25) is 0 Å². The number of nitrogens with one attached hydrogen (secondary N) is 1. The second-order valence-electron chi connectivity index (χ2n) is 5.70. The third-order valence-corrected chi connectivity index (χ3v) is 3.64. The first-order chi connectivity index (χ1) is 13.1. The number of benzene rings is 2. The molecule has 0 unspecified atom stereocenters. The number of ether oxygens (including phenoxy) is 1. The lowest BCUT2D eigenvalue weighted by Gasteiger charge is -2.09. The van der Waals surface area contributed by atoms with Gasteiger partial charge >= 0.3 is 0 Å². The van der Waals surface area contributed by atoms with E-state index in [4.69, 9.17) is 15.2 Å². The number of aromatic nitrogens is 3. The Morgan fingerprint density at radius 3 is 2.70 bits per heavy atom. The van der Waals surface area contributed by atoms with Gasteiger partial charge in [-0.15, -0.1) is 5.10 Å². The largest absolute Gasteiger partial charge is 0.489 e. The summed E-state index contributed by atoms with van der Waals surface area (Å²) < 4.78 is 7.08. The third kappa shape index (κ3) is 5.53. The average Bonchev–Trinajstić information content (AvgIpc) is 3.15. The van der Waals surface area contributed by atoms with Crippen molar-refractivity contribution < 1.29 is 19.9 Å². The van der Waals surface area contributed by atoms with Crippen molar-refractivity contribution in [2.24, 2.45) is 0 Å². The average molecular weight is 369 g/mol. The molecule has 3 aromatic rings. The molecule has 0 saturated heterocycles. The minimum atomic E-state index is -0.265. The minimum absolute atomic E-state index is 0.148. The number of amides is 1. The molecule has 0 saturated carbocycles. The summed E-state index contributed by atoms with van der Waals surface area (Å²) >= 11 is 0. The van der Waals surface area contributed by atoms with Gasteiger partial charge in [-0.25, -0.2) is 0 Å². The van der Waals surface area contributed by atoms with Gasteiger partial charge in [-0.2, -0.15) is 4.98 Å². The van der Waals surface area contributed by atoms with Gasteiger partial charge in [0.05, 0.1) is 6.54 Å². The maximum absolute atomic E-state index is 12.1. The number of hydrogen-bond acceptors (Lipinski definition) is 7. The highest BCUT2D eigenvalue weighted by molar-refractivity contribution is 5.90. The van der Waals surface area contributed by atoms with Gasteiger partial charge in [-0.3, -0.25) is 19.9 Å². The molecule has 27 heavy (non-hydrogen) atoms. The Morgan fingerprint density at radius 1 is 1.15 bits per heavy atom. The molecule has 0 spiro atoms. The zero-order valence-electron chi connectivity index (χ0n) is 14.4. The number of carbonyl (C=O) groups is 1. The van der Waals surface area contributed by atoms with Gasteiger partial charge in [0, 0.05) is 18.2 Å². The van der Waals surface area contributed by atoms with Gasteiger partial charge in [0.2, 0.25) is 5.91 Å². The highest BCUT2D eigenvalue weighted by atomic mass is 16.8. The summed E-state index contributed by atoms with van der Waals surface area (Å²) in [7, 11) is 0. The number of nitrogens with zero attached hydrogens (tertiary/aromatic N) is 4. The van der Waals surface area contributed by atoms with E-state index in [1.807, 2.05) is 36.4 Å². The summed E-state index contributed by atoms with van der Waals surface area (Å²) in [4.78, 5) is 15.8. The van der Waals surface area contributed by atoms with Crippen molar-refractivity contribution in [3.05, 3.63) is 66.5 Å². The van der Waals surface area contributed by atoms with Crippen molar-refractivity contribution in [2.75, 3.05) is 10.5 Å². The summed E-state index contributed by atoms with van der Waals surface area (Å²) in [5, 5.41) is 24.0. The zero-order chi connectivity index (χ0) is 19.1. The fourth-order valence-electron chi connectivity index (χ4n) is 2.33. The molecule has 140 valence electrons. The molecule has 0 atom stereocenters. The van der Waals surface area contributed by atoms with E-state index in [1.54, 1.807) is 18.2 Å². The van der Waals surface area contributed by atoms with Crippen LogP contribution in [0, 0.1) is 0 Å². The number of hydrogen-bond donors (Lipinski definition) is 3. The van der Waals surface area contributed by atoms with Crippen LogP contribution >= 0.6 is 0 Å². The van der Waals surface area contributed by atoms with E-state index in [9.17, 15) is 4.79 Å². The van der Waals surface area contributed by atoms with Gasteiger partial charge in [-0.1, -0.05) is 41.6 Å². The molecule has 2 aromatic carbocycles. The first-order valence-electron chi connectivity index (χ1n) is 8.24. The van der Waals surface area contributed by atoms with Gasteiger partial charge in [0.15, 0.2) is 0 Å². The standard InChI is InChI=1S/C18H19N5O4/c24-17(9-10-22-13-19-18(21-22)23(25)26)20-15-7-4-8-16(11-15)27-12-14-5-2-1-3-6-14/h1-8,11,13,25-26H,9-10,12H2,(H,20,24). The van der Waals surface area contributed by atoms with E-state index < -0.39 is 0 Å². The molecule has 3 rings (SSSR count). The van der Waals surface area contributed by atoms with Crippen LogP contribution in [-0.4, -0.2) is 31.1 Å². The van der Waals surface area contributed by atoms with E-state index in [2.05, 4.69) is 15.4 Å². The molecule has 9 nitrogen and oxygen atoms in total. The number of carbonyl (C=O) groups excluding carboxylic acids is 1. The lowest BCUT2D eigenvalue weighted by atomic mass is 10.2. The fraction of sp³-hybridized carbons (Fsp3) is 0.167. The van der Waals surface area contributed by atoms with Gasteiger partial charge < -0.3 is 10.1 Å². The molecule has 0 aliphatic rings. The molecule has 1 heterocycles. The lowest BCUT2D eigenvalue weighted by Crippen LogP contribution is -2.16. The first-order valence-corrected chi connectivity index (χ1v) is 8.24. The van der Waals surface area contributed by atoms with Crippen LogP contribution in [0.15, 0.2) is 60.9 Å². The maximum atomic E-state index is 12.1. The Hall–Kier alpha value is -3.43. The molecule has 0 bridgehead atoms. The van der Waals surface area contributed by atoms with Crippen molar-refractivity contribution >= 4 is 17.5 Å². The van der Waals surface area contributed by atoms with Crippen molar-refractivity contribution in [3.8, 4) is 5.75 Å². The first kappa shape index (κ1) is 18.4. The predicted molar refractivity (Wildman–Crippen MR) is 96.5 cm³/mol. The lowest BCUT2D eigenvalue weighted by molar-refractivity contribution is -0.116. The monoisotopic (exact) mass is 369 g/mol. The van der Waals surface area contributed by atoms with Crippen LogP contribution in [0.1, 0.15) is 12.0 Å². The summed E-state index contributed by atoms with van der Waals surface area (Å²) in [6.45, 7) is 0.691. The number of rotatable bonds is 8. The maximum Gasteiger partial charge on any atom is 0.295 e. The zero-order valence-corrected chi connectivity index (χ0v) is 14.4. The highest BCUT2D eigenvalue weighted by Gasteiger charge is 2.08. The van der Waals surface area contributed by atoms with Gasteiger partial charge in [-0.05, 0) is 17.7 Å². The Morgan fingerprint density at radius 2 is 1.96 bits per heavy atom. The summed E-state index contributed by atoms with van der Waals surface area (Å²) in [6, 6.07) is 17.0. The second-order valence-corrected chi connectivity index (χ2v) is 5.70. The predicted octanol–water partition coefficient (Wildman–Crippen LogP) is 2.47. The molecule has 0 fully saturated rings. The second kappa shape index (κ2) is 8.79. The van der Waals surface area contributed by atoms with Crippen molar-refractivity contribution in [2.45, 2.75) is 19.6 Å². The highest BCUT2D eigenvalue weighted by Crippen LogP contribution is 2.19. The van der Waals surface area contributed by atoms with Crippen LogP contribution in [0.4, 0.5) is 11.6 Å².